The lowest BCUT2D eigenvalue weighted by atomic mass is 10.1. The standard InChI is InChI=1S/C19H18ClN3O2/c1-13(15-9-5-6-10-16(15)20)21-17(24)11-12-18-22-19(23-25-18)14-7-3-2-4-8-14/h2-10,13H,11-12H2,1H3,(H,21,24)/t13-/m0/s1. The van der Waals surface area contributed by atoms with Gasteiger partial charge < -0.3 is 9.84 Å². The van der Waals surface area contributed by atoms with Crippen molar-refractivity contribution in [1.29, 1.82) is 0 Å². The summed E-state index contributed by atoms with van der Waals surface area (Å²) >= 11 is 6.15. The first kappa shape index (κ1) is 17.2. The van der Waals surface area contributed by atoms with Crippen LogP contribution in [-0.4, -0.2) is 16.0 Å². The molecule has 128 valence electrons. The van der Waals surface area contributed by atoms with E-state index >= 15 is 0 Å². The van der Waals surface area contributed by atoms with E-state index < -0.39 is 0 Å². The predicted molar refractivity (Wildman–Crippen MR) is 96.1 cm³/mol. The van der Waals surface area contributed by atoms with Crippen LogP contribution in [-0.2, 0) is 11.2 Å². The van der Waals surface area contributed by atoms with Crippen molar-refractivity contribution < 1.29 is 9.32 Å². The number of nitrogens with one attached hydrogen (secondary N) is 1. The van der Waals surface area contributed by atoms with Gasteiger partial charge in [0.15, 0.2) is 0 Å². The molecule has 1 heterocycles. The third-order valence-corrected chi connectivity index (χ3v) is 4.16. The Labute approximate surface area is 151 Å². The summed E-state index contributed by atoms with van der Waals surface area (Å²) < 4.78 is 5.22. The lowest BCUT2D eigenvalue weighted by Crippen LogP contribution is -2.27. The molecule has 0 aliphatic rings. The van der Waals surface area contributed by atoms with E-state index in [4.69, 9.17) is 16.1 Å². The lowest BCUT2D eigenvalue weighted by Gasteiger charge is -2.15. The number of rotatable bonds is 6. The van der Waals surface area contributed by atoms with Crippen molar-refractivity contribution in [3.05, 3.63) is 71.1 Å². The van der Waals surface area contributed by atoms with Crippen molar-refractivity contribution in [2.45, 2.75) is 25.8 Å². The Kier molecular flexibility index (Phi) is 5.46. The van der Waals surface area contributed by atoms with Gasteiger partial charge in [-0.05, 0) is 18.6 Å². The lowest BCUT2D eigenvalue weighted by molar-refractivity contribution is -0.121. The van der Waals surface area contributed by atoms with Gasteiger partial charge in [-0.25, -0.2) is 0 Å². The van der Waals surface area contributed by atoms with E-state index in [0.29, 0.717) is 23.2 Å². The molecule has 0 bridgehead atoms. The number of carbonyl (C=O) groups is 1. The average Bonchev–Trinajstić information content (AvgIpc) is 3.10. The summed E-state index contributed by atoms with van der Waals surface area (Å²) in [6.45, 7) is 1.90. The SMILES string of the molecule is C[C@H](NC(=O)CCc1nc(-c2ccccc2)no1)c1ccccc1Cl. The van der Waals surface area contributed by atoms with E-state index in [-0.39, 0.29) is 18.4 Å². The van der Waals surface area contributed by atoms with Crippen LogP contribution in [0, 0.1) is 0 Å². The molecule has 3 rings (SSSR count). The summed E-state index contributed by atoms with van der Waals surface area (Å²) in [6, 6.07) is 16.9. The van der Waals surface area contributed by atoms with Crippen molar-refractivity contribution >= 4 is 17.5 Å². The molecule has 0 saturated heterocycles. The van der Waals surface area contributed by atoms with Gasteiger partial charge in [0.05, 0.1) is 6.04 Å². The van der Waals surface area contributed by atoms with Gasteiger partial charge >= 0.3 is 0 Å². The second kappa shape index (κ2) is 7.94. The topological polar surface area (TPSA) is 68.0 Å². The number of amides is 1. The van der Waals surface area contributed by atoms with Crippen molar-refractivity contribution in [2.75, 3.05) is 0 Å². The van der Waals surface area contributed by atoms with Gasteiger partial charge in [0.25, 0.3) is 0 Å². The van der Waals surface area contributed by atoms with Crippen LogP contribution in [0.3, 0.4) is 0 Å². The number of halogens is 1. The van der Waals surface area contributed by atoms with Gasteiger partial charge in [0.2, 0.25) is 17.6 Å². The van der Waals surface area contributed by atoms with Crippen LogP contribution < -0.4 is 5.32 Å². The zero-order valence-electron chi connectivity index (χ0n) is 13.8. The van der Waals surface area contributed by atoms with Crippen LogP contribution in [0.25, 0.3) is 11.4 Å². The molecule has 0 saturated carbocycles. The van der Waals surface area contributed by atoms with Crippen LogP contribution in [0.1, 0.15) is 30.8 Å². The molecule has 2 aromatic carbocycles. The van der Waals surface area contributed by atoms with Gasteiger partial charge in [-0.1, -0.05) is 65.3 Å². The molecule has 0 spiro atoms. The van der Waals surface area contributed by atoms with Crippen LogP contribution in [0.2, 0.25) is 5.02 Å². The Morgan fingerprint density at radius 3 is 2.64 bits per heavy atom. The summed E-state index contributed by atoms with van der Waals surface area (Å²) in [5.41, 5.74) is 1.77. The Morgan fingerprint density at radius 1 is 1.16 bits per heavy atom. The third kappa shape index (κ3) is 4.45. The first-order chi connectivity index (χ1) is 12.1. The molecule has 1 N–H and O–H groups in total. The van der Waals surface area contributed by atoms with Crippen molar-refractivity contribution in [2.24, 2.45) is 0 Å². The Balaban J connectivity index is 1.54. The minimum atomic E-state index is -0.163. The van der Waals surface area contributed by atoms with E-state index in [1.54, 1.807) is 0 Å². The van der Waals surface area contributed by atoms with E-state index in [9.17, 15) is 4.79 Å². The molecule has 3 aromatic rings. The molecule has 1 atom stereocenters. The maximum absolute atomic E-state index is 12.1. The minimum Gasteiger partial charge on any atom is -0.350 e. The molecule has 0 aliphatic carbocycles. The van der Waals surface area contributed by atoms with Crippen molar-refractivity contribution in [1.82, 2.24) is 15.5 Å². The summed E-state index contributed by atoms with van der Waals surface area (Å²) in [4.78, 5) is 16.5. The summed E-state index contributed by atoms with van der Waals surface area (Å²) in [5, 5.41) is 7.52. The first-order valence-corrected chi connectivity index (χ1v) is 8.43. The molecule has 0 radical (unpaired) electrons. The molecule has 0 fully saturated rings. The fraction of sp³-hybridized carbons (Fsp3) is 0.211. The largest absolute Gasteiger partial charge is 0.350 e. The maximum Gasteiger partial charge on any atom is 0.227 e. The second-order valence-corrected chi connectivity index (χ2v) is 6.10. The number of nitrogens with zero attached hydrogens (tertiary/aromatic N) is 2. The summed E-state index contributed by atoms with van der Waals surface area (Å²) in [5.74, 6) is 0.881. The Bertz CT molecular complexity index is 849. The van der Waals surface area contributed by atoms with Gasteiger partial charge in [-0.2, -0.15) is 4.98 Å². The molecule has 1 aromatic heterocycles. The number of hydrogen-bond acceptors (Lipinski definition) is 4. The average molecular weight is 356 g/mol. The van der Waals surface area contributed by atoms with E-state index in [0.717, 1.165) is 11.1 Å². The minimum absolute atomic E-state index is 0.0909. The van der Waals surface area contributed by atoms with Crippen molar-refractivity contribution in [3.8, 4) is 11.4 Å². The summed E-state index contributed by atoms with van der Waals surface area (Å²) in [6.07, 6.45) is 0.659. The molecule has 25 heavy (non-hydrogen) atoms. The molecule has 5 nitrogen and oxygen atoms in total. The zero-order chi connectivity index (χ0) is 17.6. The maximum atomic E-state index is 12.1. The van der Waals surface area contributed by atoms with E-state index in [2.05, 4.69) is 15.5 Å². The number of carbonyl (C=O) groups excluding carboxylic acids is 1. The molecular formula is C19H18ClN3O2. The van der Waals surface area contributed by atoms with Crippen LogP contribution >= 0.6 is 11.6 Å². The quantitative estimate of drug-likeness (QED) is 0.719. The number of hydrogen-bond donors (Lipinski definition) is 1. The Hall–Kier alpha value is -2.66. The fourth-order valence-electron chi connectivity index (χ4n) is 2.50. The highest BCUT2D eigenvalue weighted by atomic mass is 35.5. The van der Waals surface area contributed by atoms with Gasteiger partial charge in [-0.3, -0.25) is 4.79 Å². The smallest absolute Gasteiger partial charge is 0.227 e. The van der Waals surface area contributed by atoms with Crippen molar-refractivity contribution in [3.63, 3.8) is 0 Å². The van der Waals surface area contributed by atoms with E-state index in [1.165, 1.54) is 0 Å². The van der Waals surface area contributed by atoms with Gasteiger partial charge in [0, 0.05) is 23.4 Å². The number of aromatic nitrogens is 2. The molecule has 6 heteroatoms. The normalized spacial score (nSPS) is 11.9. The second-order valence-electron chi connectivity index (χ2n) is 5.69. The number of benzene rings is 2. The van der Waals surface area contributed by atoms with E-state index in [1.807, 2.05) is 61.5 Å². The monoisotopic (exact) mass is 355 g/mol. The van der Waals surface area contributed by atoms with Gasteiger partial charge in [-0.15, -0.1) is 0 Å². The highest BCUT2D eigenvalue weighted by molar-refractivity contribution is 6.31. The highest BCUT2D eigenvalue weighted by Crippen LogP contribution is 2.22. The molecular weight excluding hydrogens is 338 g/mol. The highest BCUT2D eigenvalue weighted by Gasteiger charge is 2.14. The fourth-order valence-corrected chi connectivity index (χ4v) is 2.80. The molecule has 0 aliphatic heterocycles. The van der Waals surface area contributed by atoms with Gasteiger partial charge in [0.1, 0.15) is 0 Å². The number of aryl methyl sites for hydroxylation is 1. The molecule has 1 amide bonds. The predicted octanol–water partition coefficient (Wildman–Crippen LogP) is 4.20. The summed E-state index contributed by atoms with van der Waals surface area (Å²) in [7, 11) is 0. The molecule has 0 unspecified atom stereocenters. The Morgan fingerprint density at radius 2 is 1.88 bits per heavy atom. The first-order valence-electron chi connectivity index (χ1n) is 8.05. The van der Waals surface area contributed by atoms with Crippen LogP contribution in [0.4, 0.5) is 0 Å². The van der Waals surface area contributed by atoms with Crippen LogP contribution in [0.15, 0.2) is 59.1 Å². The van der Waals surface area contributed by atoms with Crippen LogP contribution in [0.5, 0.6) is 0 Å². The zero-order valence-corrected chi connectivity index (χ0v) is 14.5. The third-order valence-electron chi connectivity index (χ3n) is 3.82.